The van der Waals surface area contributed by atoms with E-state index in [4.69, 9.17) is 14.2 Å². The van der Waals surface area contributed by atoms with E-state index in [2.05, 4.69) is 0 Å². The number of carbonyl (C=O) groups excluding carboxylic acids is 2. The van der Waals surface area contributed by atoms with E-state index in [1.807, 2.05) is 6.92 Å². The van der Waals surface area contributed by atoms with Crippen molar-refractivity contribution in [1.29, 1.82) is 0 Å². The number of rotatable bonds is 0. The smallest absolute Gasteiger partial charge is 0.417 e. The summed E-state index contributed by atoms with van der Waals surface area (Å²) in [7, 11) is 0. The quantitative estimate of drug-likeness (QED) is 0.680. The summed E-state index contributed by atoms with van der Waals surface area (Å²) in [6.07, 6.45) is -1.67. The van der Waals surface area contributed by atoms with Gasteiger partial charge in [0.05, 0.1) is 0 Å². The summed E-state index contributed by atoms with van der Waals surface area (Å²) < 4.78 is 16.6. The van der Waals surface area contributed by atoms with E-state index in [1.54, 1.807) is 34.6 Å². The molecule has 2 aliphatic rings. The van der Waals surface area contributed by atoms with E-state index in [-0.39, 0.29) is 24.5 Å². The second kappa shape index (κ2) is 4.70. The number of hydrogen-bond donors (Lipinski definition) is 0. The zero-order valence-corrected chi connectivity index (χ0v) is 12.9. The Bertz CT molecular complexity index is 426. The third-order valence-electron chi connectivity index (χ3n) is 3.28. The molecule has 0 aromatic heterocycles. The summed E-state index contributed by atoms with van der Waals surface area (Å²) in [5.74, 6) is -1.18. The van der Waals surface area contributed by atoms with Crippen LogP contribution in [0.2, 0.25) is 0 Å². The fourth-order valence-electron chi connectivity index (χ4n) is 2.51. The average molecular weight is 285 g/mol. The lowest BCUT2D eigenvalue weighted by molar-refractivity contribution is -0.158. The zero-order valence-electron chi connectivity index (χ0n) is 12.9. The van der Waals surface area contributed by atoms with Gasteiger partial charge in [-0.2, -0.15) is 0 Å². The molecule has 20 heavy (non-hydrogen) atoms. The van der Waals surface area contributed by atoms with Gasteiger partial charge >= 0.3 is 6.09 Å². The van der Waals surface area contributed by atoms with E-state index in [0.29, 0.717) is 0 Å². The lowest BCUT2D eigenvalue weighted by Crippen LogP contribution is -2.57. The molecule has 0 bridgehead atoms. The second-order valence-corrected chi connectivity index (χ2v) is 6.93. The number of ether oxygens (including phenoxy) is 3. The Hall–Kier alpha value is -1.14. The first-order valence-electron chi connectivity index (χ1n) is 6.90. The Labute approximate surface area is 119 Å². The molecule has 2 amide bonds. The number of fused-ring (bicyclic) bond motifs is 1. The Kier molecular flexibility index (Phi) is 3.59. The Morgan fingerprint density at radius 3 is 2.50 bits per heavy atom. The third-order valence-corrected chi connectivity index (χ3v) is 3.28. The largest absolute Gasteiger partial charge is 0.443 e. The summed E-state index contributed by atoms with van der Waals surface area (Å²) in [6.45, 7) is 11.1. The standard InChI is InChI=1S/C14H23NO5/c1-8-7-15(12(17)20-13(2,3)4)11(16)10-9(8)18-14(5,6)19-10/h8-10H,7H2,1-6H3/t8-,9-,10-/m1/s1. The maximum absolute atomic E-state index is 12.4. The molecule has 2 aliphatic heterocycles. The summed E-state index contributed by atoms with van der Waals surface area (Å²) >= 11 is 0. The maximum atomic E-state index is 12.4. The molecule has 0 aromatic carbocycles. The first-order valence-corrected chi connectivity index (χ1v) is 6.90. The molecular weight excluding hydrogens is 262 g/mol. The minimum absolute atomic E-state index is 0.00648. The van der Waals surface area contributed by atoms with Crippen LogP contribution in [0, 0.1) is 5.92 Å². The second-order valence-electron chi connectivity index (χ2n) is 6.93. The van der Waals surface area contributed by atoms with Crippen LogP contribution in [-0.4, -0.2) is 47.0 Å². The number of amides is 2. The fraction of sp³-hybridized carbons (Fsp3) is 0.857. The Morgan fingerprint density at radius 2 is 1.95 bits per heavy atom. The van der Waals surface area contributed by atoms with Crippen LogP contribution in [-0.2, 0) is 19.0 Å². The lowest BCUT2D eigenvalue weighted by Gasteiger charge is -2.36. The molecule has 0 aliphatic carbocycles. The van der Waals surface area contributed by atoms with Crippen LogP contribution in [0.5, 0.6) is 0 Å². The summed E-state index contributed by atoms with van der Waals surface area (Å²) in [4.78, 5) is 25.6. The molecule has 6 heteroatoms. The van der Waals surface area contributed by atoms with Crippen LogP contribution in [0.15, 0.2) is 0 Å². The van der Waals surface area contributed by atoms with E-state index in [0.717, 1.165) is 4.90 Å². The molecule has 0 saturated carbocycles. The van der Waals surface area contributed by atoms with Crippen LogP contribution >= 0.6 is 0 Å². The van der Waals surface area contributed by atoms with Crippen molar-refractivity contribution >= 4 is 12.0 Å². The van der Waals surface area contributed by atoms with Crippen molar-refractivity contribution in [2.75, 3.05) is 6.54 Å². The van der Waals surface area contributed by atoms with Crippen molar-refractivity contribution in [1.82, 2.24) is 4.90 Å². The zero-order chi connectivity index (χ0) is 15.3. The van der Waals surface area contributed by atoms with Crippen molar-refractivity contribution in [2.24, 2.45) is 5.92 Å². The fourth-order valence-corrected chi connectivity index (χ4v) is 2.51. The molecule has 2 rings (SSSR count). The molecule has 2 saturated heterocycles. The Morgan fingerprint density at radius 1 is 1.35 bits per heavy atom. The van der Waals surface area contributed by atoms with Crippen molar-refractivity contribution in [3.8, 4) is 0 Å². The van der Waals surface area contributed by atoms with Crippen molar-refractivity contribution in [2.45, 2.75) is 65.1 Å². The number of piperidine rings is 1. The predicted molar refractivity (Wildman–Crippen MR) is 70.9 cm³/mol. The highest BCUT2D eigenvalue weighted by molar-refractivity contribution is 5.96. The highest BCUT2D eigenvalue weighted by Crippen LogP contribution is 2.36. The van der Waals surface area contributed by atoms with Crippen LogP contribution < -0.4 is 0 Å². The summed E-state index contributed by atoms with van der Waals surface area (Å²) in [5.41, 5.74) is -0.635. The molecule has 0 spiro atoms. The topological polar surface area (TPSA) is 65.1 Å². The van der Waals surface area contributed by atoms with Gasteiger partial charge in [-0.3, -0.25) is 4.79 Å². The van der Waals surface area contributed by atoms with Gasteiger partial charge in [-0.1, -0.05) is 6.92 Å². The first kappa shape index (κ1) is 15.3. The number of nitrogens with zero attached hydrogens (tertiary/aromatic N) is 1. The van der Waals surface area contributed by atoms with E-state index in [1.165, 1.54) is 0 Å². The highest BCUT2D eigenvalue weighted by Gasteiger charge is 2.53. The molecule has 0 aromatic rings. The van der Waals surface area contributed by atoms with Crippen LogP contribution in [0.1, 0.15) is 41.5 Å². The van der Waals surface area contributed by atoms with Gasteiger partial charge in [-0.05, 0) is 34.6 Å². The van der Waals surface area contributed by atoms with Gasteiger partial charge in [0.25, 0.3) is 5.91 Å². The van der Waals surface area contributed by atoms with Crippen molar-refractivity contribution in [3.05, 3.63) is 0 Å². The normalized spacial score (nSPS) is 33.0. The minimum Gasteiger partial charge on any atom is -0.443 e. The molecule has 6 nitrogen and oxygen atoms in total. The summed E-state index contributed by atoms with van der Waals surface area (Å²) in [6, 6.07) is 0. The van der Waals surface area contributed by atoms with Gasteiger partial charge in [0.1, 0.15) is 11.7 Å². The average Bonchev–Trinajstić information content (AvgIpc) is 2.57. The number of carbonyl (C=O) groups is 2. The van der Waals surface area contributed by atoms with Gasteiger partial charge in [-0.25, -0.2) is 9.69 Å². The predicted octanol–water partition coefficient (Wildman–Crippen LogP) is 1.92. The molecule has 3 atom stereocenters. The van der Waals surface area contributed by atoms with Crippen molar-refractivity contribution < 1.29 is 23.8 Å². The molecule has 114 valence electrons. The van der Waals surface area contributed by atoms with E-state index in [9.17, 15) is 9.59 Å². The van der Waals surface area contributed by atoms with E-state index >= 15 is 0 Å². The SMILES string of the molecule is C[C@@H]1CN(C(=O)OC(C)(C)C)C(=O)[C@@H]2OC(C)(C)O[C@H]12. The molecule has 0 radical (unpaired) electrons. The minimum atomic E-state index is -0.802. The lowest BCUT2D eigenvalue weighted by atomic mass is 9.94. The van der Waals surface area contributed by atoms with Crippen LogP contribution in [0.25, 0.3) is 0 Å². The molecule has 0 unspecified atom stereocenters. The third kappa shape index (κ3) is 2.96. The van der Waals surface area contributed by atoms with Gasteiger partial charge < -0.3 is 14.2 Å². The van der Waals surface area contributed by atoms with E-state index < -0.39 is 23.6 Å². The van der Waals surface area contributed by atoms with Crippen molar-refractivity contribution in [3.63, 3.8) is 0 Å². The highest BCUT2D eigenvalue weighted by atomic mass is 16.8. The first-order chi connectivity index (χ1) is 9.00. The monoisotopic (exact) mass is 285 g/mol. The van der Waals surface area contributed by atoms with Crippen LogP contribution in [0.4, 0.5) is 4.79 Å². The molecule has 2 heterocycles. The van der Waals surface area contributed by atoms with Gasteiger partial charge in [0.15, 0.2) is 11.9 Å². The molecule has 0 N–H and O–H groups in total. The van der Waals surface area contributed by atoms with Gasteiger partial charge in [0.2, 0.25) is 0 Å². The van der Waals surface area contributed by atoms with Crippen LogP contribution in [0.3, 0.4) is 0 Å². The number of imide groups is 1. The van der Waals surface area contributed by atoms with Gasteiger partial charge in [-0.15, -0.1) is 0 Å². The van der Waals surface area contributed by atoms with Gasteiger partial charge in [0, 0.05) is 12.5 Å². The molecular formula is C14H23NO5. The Balaban J connectivity index is 2.15. The molecule has 2 fully saturated rings. The summed E-state index contributed by atoms with van der Waals surface area (Å²) in [5, 5.41) is 0. The maximum Gasteiger partial charge on any atom is 0.417 e. The number of hydrogen-bond acceptors (Lipinski definition) is 5. The number of likely N-dealkylation sites (tertiary alicyclic amines) is 1.